The average molecular weight is 720 g/mol. The maximum Gasteiger partial charge on any atom is 0.220 e. The summed E-state index contributed by atoms with van der Waals surface area (Å²) in [5.41, 5.74) is 0. The van der Waals surface area contributed by atoms with Gasteiger partial charge in [-0.25, -0.2) is 0 Å². The normalized spacial score (nSPS) is 12.9. The zero-order valence-corrected chi connectivity index (χ0v) is 34.9. The highest BCUT2D eigenvalue weighted by atomic mass is 16.3. The van der Waals surface area contributed by atoms with E-state index in [1.807, 2.05) is 6.08 Å². The van der Waals surface area contributed by atoms with Crippen LogP contribution in [0.2, 0.25) is 0 Å². The molecule has 0 fully saturated rings. The zero-order valence-electron chi connectivity index (χ0n) is 34.9. The second-order valence-electron chi connectivity index (χ2n) is 16.2. The summed E-state index contributed by atoms with van der Waals surface area (Å²) in [6.45, 7) is 4.32. The Morgan fingerprint density at radius 1 is 0.451 bits per heavy atom. The summed E-state index contributed by atoms with van der Waals surface area (Å²) in [4.78, 5) is 12.4. The Labute approximate surface area is 320 Å². The Morgan fingerprint density at radius 2 is 0.725 bits per heavy atom. The van der Waals surface area contributed by atoms with Crippen LogP contribution < -0.4 is 5.32 Å². The fourth-order valence-corrected chi connectivity index (χ4v) is 7.42. The molecule has 0 saturated heterocycles. The van der Waals surface area contributed by atoms with Crippen LogP contribution >= 0.6 is 0 Å². The smallest absolute Gasteiger partial charge is 0.220 e. The van der Waals surface area contributed by atoms with E-state index in [-0.39, 0.29) is 12.5 Å². The SMILES string of the molecule is CCCCCCCCCCC/C=C/[C@@H](O)[C@H](CO)NC(=O)CCCCCCCCCCCCCCCCCCCCCCCCCCCCCC. The molecule has 0 rings (SSSR count). The van der Waals surface area contributed by atoms with E-state index in [9.17, 15) is 15.0 Å². The van der Waals surface area contributed by atoms with Crippen LogP contribution in [0.15, 0.2) is 12.2 Å². The van der Waals surface area contributed by atoms with Gasteiger partial charge in [-0.2, -0.15) is 0 Å². The lowest BCUT2D eigenvalue weighted by atomic mass is 10.0. The zero-order chi connectivity index (χ0) is 37.1. The first kappa shape index (κ1) is 50.1. The summed E-state index contributed by atoms with van der Waals surface area (Å²) in [5.74, 6) is -0.0600. The molecular weight excluding hydrogens is 627 g/mol. The van der Waals surface area contributed by atoms with Gasteiger partial charge >= 0.3 is 0 Å². The quantitative estimate of drug-likeness (QED) is 0.0434. The standard InChI is InChI=1S/C47H93NO3/c1-3-5-7-9-11-13-15-16-17-18-19-20-21-22-23-24-25-26-27-28-29-30-31-33-35-37-39-41-43-47(51)48-45(44-49)46(50)42-40-38-36-34-32-14-12-10-8-6-4-2/h40,42,45-46,49-50H,3-39,41,43-44H2,1-2H3,(H,48,51)/b42-40+/t45-,46+/m0/s1. The number of nitrogens with one attached hydrogen (secondary N) is 1. The molecule has 0 aromatic carbocycles. The van der Waals surface area contributed by atoms with Gasteiger partial charge in [0.25, 0.3) is 0 Å². The van der Waals surface area contributed by atoms with E-state index in [2.05, 4.69) is 19.2 Å². The summed E-state index contributed by atoms with van der Waals surface area (Å²) in [7, 11) is 0. The van der Waals surface area contributed by atoms with Crippen molar-refractivity contribution in [3.63, 3.8) is 0 Å². The van der Waals surface area contributed by atoms with Gasteiger partial charge in [-0.3, -0.25) is 4.79 Å². The minimum atomic E-state index is -0.832. The number of carbonyl (C=O) groups excluding carboxylic acids is 1. The molecular formula is C47H93NO3. The molecule has 0 radical (unpaired) electrons. The van der Waals surface area contributed by atoms with Crippen molar-refractivity contribution in [2.75, 3.05) is 6.61 Å². The van der Waals surface area contributed by atoms with Crippen LogP contribution in [0.5, 0.6) is 0 Å². The van der Waals surface area contributed by atoms with Crippen molar-refractivity contribution < 1.29 is 15.0 Å². The Balaban J connectivity index is 3.41. The first-order chi connectivity index (χ1) is 25.2. The molecule has 0 aliphatic heterocycles. The molecule has 51 heavy (non-hydrogen) atoms. The highest BCUT2D eigenvalue weighted by molar-refractivity contribution is 5.76. The second-order valence-corrected chi connectivity index (χ2v) is 16.2. The van der Waals surface area contributed by atoms with Gasteiger partial charge in [0.2, 0.25) is 5.91 Å². The molecule has 3 N–H and O–H groups in total. The van der Waals surface area contributed by atoms with E-state index < -0.39 is 12.1 Å². The highest BCUT2D eigenvalue weighted by Crippen LogP contribution is 2.17. The molecule has 0 aliphatic carbocycles. The summed E-state index contributed by atoms with van der Waals surface area (Å²) in [6.07, 6.45) is 54.9. The number of amides is 1. The highest BCUT2D eigenvalue weighted by Gasteiger charge is 2.18. The van der Waals surface area contributed by atoms with Gasteiger partial charge in [-0.05, 0) is 19.3 Å². The van der Waals surface area contributed by atoms with Crippen molar-refractivity contribution in [3.8, 4) is 0 Å². The number of rotatable bonds is 43. The van der Waals surface area contributed by atoms with Crippen LogP contribution in [-0.4, -0.2) is 34.9 Å². The maximum absolute atomic E-state index is 12.4. The van der Waals surface area contributed by atoms with Gasteiger partial charge in [0.1, 0.15) is 0 Å². The number of aliphatic hydroxyl groups is 2. The van der Waals surface area contributed by atoms with Crippen molar-refractivity contribution in [3.05, 3.63) is 12.2 Å². The topological polar surface area (TPSA) is 69.6 Å². The van der Waals surface area contributed by atoms with Crippen molar-refractivity contribution in [2.24, 2.45) is 0 Å². The van der Waals surface area contributed by atoms with Crippen LogP contribution in [0.4, 0.5) is 0 Å². The van der Waals surface area contributed by atoms with Crippen LogP contribution in [0.25, 0.3) is 0 Å². The molecule has 0 aromatic rings. The molecule has 4 nitrogen and oxygen atoms in total. The Kier molecular flexibility index (Phi) is 42.8. The predicted molar refractivity (Wildman–Crippen MR) is 226 cm³/mol. The Hall–Kier alpha value is -0.870. The lowest BCUT2D eigenvalue weighted by molar-refractivity contribution is -0.123. The Morgan fingerprint density at radius 3 is 1.02 bits per heavy atom. The monoisotopic (exact) mass is 720 g/mol. The third kappa shape index (κ3) is 40.2. The van der Waals surface area contributed by atoms with Gasteiger partial charge < -0.3 is 15.5 Å². The predicted octanol–water partition coefficient (Wildman–Crippen LogP) is 14.6. The third-order valence-corrected chi connectivity index (χ3v) is 11.0. The minimum Gasteiger partial charge on any atom is -0.394 e. The van der Waals surface area contributed by atoms with E-state index in [1.165, 1.54) is 218 Å². The van der Waals surface area contributed by atoms with Gasteiger partial charge in [-0.1, -0.05) is 251 Å². The number of unbranched alkanes of at least 4 members (excludes halogenated alkanes) is 36. The van der Waals surface area contributed by atoms with Crippen LogP contribution in [0.1, 0.15) is 264 Å². The van der Waals surface area contributed by atoms with Gasteiger partial charge in [0.15, 0.2) is 0 Å². The first-order valence-corrected chi connectivity index (χ1v) is 23.4. The summed E-state index contributed by atoms with van der Waals surface area (Å²) >= 11 is 0. The molecule has 0 bridgehead atoms. The fraction of sp³-hybridized carbons (Fsp3) is 0.936. The number of hydrogen-bond donors (Lipinski definition) is 3. The third-order valence-electron chi connectivity index (χ3n) is 11.0. The van der Waals surface area contributed by atoms with Gasteiger partial charge in [-0.15, -0.1) is 0 Å². The molecule has 0 aliphatic rings. The van der Waals surface area contributed by atoms with E-state index >= 15 is 0 Å². The molecule has 0 unspecified atom stereocenters. The number of hydrogen-bond acceptors (Lipinski definition) is 3. The second kappa shape index (κ2) is 43.5. The molecule has 0 heterocycles. The van der Waals surface area contributed by atoms with E-state index in [4.69, 9.17) is 0 Å². The molecule has 0 saturated carbocycles. The molecule has 4 heteroatoms. The van der Waals surface area contributed by atoms with E-state index in [0.717, 1.165) is 25.7 Å². The molecule has 0 aromatic heterocycles. The van der Waals surface area contributed by atoms with Crippen molar-refractivity contribution in [2.45, 2.75) is 276 Å². The van der Waals surface area contributed by atoms with Crippen LogP contribution in [0, 0.1) is 0 Å². The summed E-state index contributed by atoms with van der Waals surface area (Å²) in [5, 5.41) is 22.9. The summed E-state index contributed by atoms with van der Waals surface area (Å²) < 4.78 is 0. The Bertz CT molecular complexity index is 695. The van der Waals surface area contributed by atoms with Crippen molar-refractivity contribution in [1.29, 1.82) is 0 Å². The largest absolute Gasteiger partial charge is 0.394 e. The summed E-state index contributed by atoms with van der Waals surface area (Å²) in [6, 6.07) is -0.615. The van der Waals surface area contributed by atoms with Crippen LogP contribution in [0.3, 0.4) is 0 Å². The molecule has 2 atom stereocenters. The fourth-order valence-electron chi connectivity index (χ4n) is 7.42. The number of allylic oxidation sites excluding steroid dienone is 1. The van der Waals surface area contributed by atoms with Gasteiger partial charge in [0.05, 0.1) is 18.8 Å². The first-order valence-electron chi connectivity index (χ1n) is 23.4. The molecule has 304 valence electrons. The molecule has 1 amide bonds. The van der Waals surface area contributed by atoms with Crippen molar-refractivity contribution >= 4 is 5.91 Å². The molecule has 0 spiro atoms. The maximum atomic E-state index is 12.4. The minimum absolute atomic E-state index is 0.0600. The number of carbonyl (C=O) groups is 1. The number of aliphatic hydroxyl groups excluding tert-OH is 2. The van der Waals surface area contributed by atoms with E-state index in [0.29, 0.717) is 6.42 Å². The lowest BCUT2D eigenvalue weighted by Gasteiger charge is -2.20. The average Bonchev–Trinajstić information content (AvgIpc) is 3.13. The lowest BCUT2D eigenvalue weighted by Crippen LogP contribution is -2.45. The van der Waals surface area contributed by atoms with Crippen molar-refractivity contribution in [1.82, 2.24) is 5.32 Å². The van der Waals surface area contributed by atoms with Gasteiger partial charge in [0, 0.05) is 6.42 Å². The van der Waals surface area contributed by atoms with Crippen LogP contribution in [-0.2, 0) is 4.79 Å². The van der Waals surface area contributed by atoms with E-state index in [1.54, 1.807) is 6.08 Å².